The second-order valence-corrected chi connectivity index (χ2v) is 9.44. The van der Waals surface area contributed by atoms with Crippen molar-refractivity contribution in [2.24, 2.45) is 5.92 Å². The maximum Gasteiger partial charge on any atom is 0.322 e. The van der Waals surface area contributed by atoms with E-state index in [-0.39, 0.29) is 12.5 Å². The van der Waals surface area contributed by atoms with Gasteiger partial charge in [0.25, 0.3) is 11.8 Å². The Morgan fingerprint density at radius 2 is 1.79 bits per heavy atom. The Morgan fingerprint density at radius 1 is 1.03 bits per heavy atom. The van der Waals surface area contributed by atoms with E-state index in [9.17, 15) is 18.8 Å². The Bertz CT molecular complexity index is 1110. The highest BCUT2D eigenvalue weighted by molar-refractivity contribution is 6.08. The number of hydrogen-bond acceptors (Lipinski definition) is 4. The van der Waals surface area contributed by atoms with E-state index in [0.29, 0.717) is 24.3 Å². The molecule has 2 N–H and O–H groups in total. The minimum absolute atomic E-state index is 0.0679. The fourth-order valence-corrected chi connectivity index (χ4v) is 5.31. The second kappa shape index (κ2) is 9.08. The van der Waals surface area contributed by atoms with Crippen LogP contribution in [0.3, 0.4) is 0 Å². The molecule has 1 saturated carbocycles. The van der Waals surface area contributed by atoms with Gasteiger partial charge in [-0.05, 0) is 53.8 Å². The molecule has 7 nitrogen and oxygen atoms in total. The molecule has 1 saturated heterocycles. The first-order valence-corrected chi connectivity index (χ1v) is 11.9. The number of ether oxygens (including phenoxy) is 1. The SMILES string of the molecule is O=C1NC(=O)[C@@](CN2Cc3cc(OCCC4CCCCC4)ccc3C2=O)(c2ccc(F)cc2)N1. The van der Waals surface area contributed by atoms with Gasteiger partial charge < -0.3 is 15.0 Å². The van der Waals surface area contributed by atoms with Crippen LogP contribution in [0, 0.1) is 11.7 Å². The molecule has 2 heterocycles. The number of hydrogen-bond donors (Lipinski definition) is 2. The van der Waals surface area contributed by atoms with Gasteiger partial charge in [-0.15, -0.1) is 0 Å². The third-order valence-electron chi connectivity index (χ3n) is 7.18. The van der Waals surface area contributed by atoms with E-state index in [1.807, 2.05) is 6.07 Å². The summed E-state index contributed by atoms with van der Waals surface area (Å²) in [7, 11) is 0. The number of amides is 4. The minimum Gasteiger partial charge on any atom is -0.494 e. The largest absolute Gasteiger partial charge is 0.494 e. The van der Waals surface area contributed by atoms with Crippen LogP contribution in [0.15, 0.2) is 42.5 Å². The van der Waals surface area contributed by atoms with Crippen molar-refractivity contribution < 1.29 is 23.5 Å². The van der Waals surface area contributed by atoms with Crippen molar-refractivity contribution in [3.05, 3.63) is 65.0 Å². The summed E-state index contributed by atoms with van der Waals surface area (Å²) >= 11 is 0. The quantitative estimate of drug-likeness (QED) is 0.608. The van der Waals surface area contributed by atoms with Crippen LogP contribution in [0.5, 0.6) is 5.75 Å². The van der Waals surface area contributed by atoms with Crippen LogP contribution >= 0.6 is 0 Å². The number of urea groups is 1. The third kappa shape index (κ3) is 4.24. The van der Waals surface area contributed by atoms with Crippen LogP contribution in [0.1, 0.15) is 60.0 Å². The van der Waals surface area contributed by atoms with Crippen LogP contribution in [-0.4, -0.2) is 35.9 Å². The second-order valence-electron chi connectivity index (χ2n) is 9.44. The minimum atomic E-state index is -1.48. The molecule has 1 aliphatic carbocycles. The Balaban J connectivity index is 1.30. The molecule has 2 aromatic carbocycles. The molecule has 8 heteroatoms. The van der Waals surface area contributed by atoms with Gasteiger partial charge in [0.05, 0.1) is 13.2 Å². The average molecular weight is 466 g/mol. The highest BCUT2D eigenvalue weighted by Gasteiger charge is 2.50. The lowest BCUT2D eigenvalue weighted by molar-refractivity contribution is -0.124. The molecule has 3 aliphatic rings. The summed E-state index contributed by atoms with van der Waals surface area (Å²) in [6.07, 6.45) is 7.53. The summed E-state index contributed by atoms with van der Waals surface area (Å²) in [4.78, 5) is 39.5. The lowest BCUT2D eigenvalue weighted by atomic mass is 9.87. The number of imide groups is 1. The predicted octanol–water partition coefficient (Wildman–Crippen LogP) is 3.87. The van der Waals surface area contributed by atoms with E-state index in [0.717, 1.165) is 23.7 Å². The van der Waals surface area contributed by atoms with Gasteiger partial charge in [0.2, 0.25) is 0 Å². The van der Waals surface area contributed by atoms with Gasteiger partial charge in [0.15, 0.2) is 5.54 Å². The highest BCUT2D eigenvalue weighted by atomic mass is 19.1. The Kier molecular flexibility index (Phi) is 5.98. The topological polar surface area (TPSA) is 87.7 Å². The molecule has 2 aliphatic heterocycles. The zero-order valence-corrected chi connectivity index (χ0v) is 18.9. The Labute approximate surface area is 197 Å². The molecule has 5 rings (SSSR count). The monoisotopic (exact) mass is 465 g/mol. The molecular weight excluding hydrogens is 437 g/mol. The highest BCUT2D eigenvalue weighted by Crippen LogP contribution is 2.33. The van der Waals surface area contributed by atoms with E-state index >= 15 is 0 Å². The number of halogens is 1. The van der Waals surface area contributed by atoms with Crippen molar-refractivity contribution in [1.29, 1.82) is 0 Å². The van der Waals surface area contributed by atoms with Gasteiger partial charge >= 0.3 is 6.03 Å². The van der Waals surface area contributed by atoms with Crippen molar-refractivity contribution >= 4 is 17.8 Å². The molecule has 2 fully saturated rings. The van der Waals surface area contributed by atoms with Crippen molar-refractivity contribution in [2.75, 3.05) is 13.2 Å². The molecule has 4 amide bonds. The summed E-state index contributed by atoms with van der Waals surface area (Å²) < 4.78 is 19.5. The molecule has 0 radical (unpaired) electrons. The van der Waals surface area contributed by atoms with Crippen LogP contribution in [0.2, 0.25) is 0 Å². The van der Waals surface area contributed by atoms with Crippen molar-refractivity contribution in [3.63, 3.8) is 0 Å². The van der Waals surface area contributed by atoms with Gasteiger partial charge in [0, 0.05) is 12.1 Å². The smallest absolute Gasteiger partial charge is 0.322 e. The third-order valence-corrected chi connectivity index (χ3v) is 7.18. The first-order valence-electron chi connectivity index (χ1n) is 11.9. The molecule has 0 unspecified atom stereocenters. The zero-order chi connectivity index (χ0) is 23.7. The van der Waals surface area contributed by atoms with Crippen LogP contribution < -0.4 is 15.4 Å². The lowest BCUT2D eigenvalue weighted by Crippen LogP contribution is -2.52. The van der Waals surface area contributed by atoms with E-state index in [2.05, 4.69) is 10.6 Å². The molecule has 2 aromatic rings. The standard InChI is InChI=1S/C26H28FN3O4/c27-20-8-6-19(7-9-20)26(24(32)28-25(33)29-26)16-30-15-18-14-21(10-11-22(18)23(30)31)34-13-12-17-4-2-1-3-5-17/h6-11,14,17H,1-5,12-13,15-16H2,(H2,28,29,32,33)/t26-/m1/s1. The molecule has 1 atom stereocenters. The number of rotatable bonds is 7. The van der Waals surface area contributed by atoms with Crippen LogP contribution in [-0.2, 0) is 16.9 Å². The normalized spacial score (nSPS) is 22.5. The number of carbonyl (C=O) groups is 3. The van der Waals surface area contributed by atoms with E-state index in [1.54, 1.807) is 12.1 Å². The number of fused-ring (bicyclic) bond motifs is 1. The summed E-state index contributed by atoms with van der Waals surface area (Å²) in [6, 6.07) is 10.2. The number of nitrogens with zero attached hydrogens (tertiary/aromatic N) is 1. The maximum absolute atomic E-state index is 13.5. The molecule has 0 aromatic heterocycles. The van der Waals surface area contributed by atoms with E-state index in [4.69, 9.17) is 4.74 Å². The summed E-state index contributed by atoms with van der Waals surface area (Å²) in [6.45, 7) is 0.878. The molecular formula is C26H28FN3O4. The number of nitrogens with one attached hydrogen (secondary N) is 2. The van der Waals surface area contributed by atoms with Crippen molar-refractivity contribution in [3.8, 4) is 5.75 Å². The van der Waals surface area contributed by atoms with E-state index in [1.165, 1.54) is 61.3 Å². The van der Waals surface area contributed by atoms with Gasteiger partial charge in [0.1, 0.15) is 11.6 Å². The first-order chi connectivity index (χ1) is 16.4. The van der Waals surface area contributed by atoms with Crippen LogP contribution in [0.25, 0.3) is 0 Å². The van der Waals surface area contributed by atoms with Gasteiger partial charge in [-0.3, -0.25) is 14.9 Å². The van der Waals surface area contributed by atoms with Gasteiger partial charge in [-0.2, -0.15) is 0 Å². The summed E-state index contributed by atoms with van der Waals surface area (Å²) in [5, 5.41) is 4.91. The van der Waals surface area contributed by atoms with Crippen LogP contribution in [0.4, 0.5) is 9.18 Å². The number of benzene rings is 2. The zero-order valence-electron chi connectivity index (χ0n) is 18.9. The molecule has 34 heavy (non-hydrogen) atoms. The Hall–Kier alpha value is -3.42. The molecule has 0 spiro atoms. The van der Waals surface area contributed by atoms with Crippen molar-refractivity contribution in [2.45, 2.75) is 50.6 Å². The molecule has 178 valence electrons. The van der Waals surface area contributed by atoms with Gasteiger partial charge in [-0.1, -0.05) is 44.2 Å². The fourth-order valence-electron chi connectivity index (χ4n) is 5.31. The Morgan fingerprint density at radius 3 is 2.50 bits per heavy atom. The van der Waals surface area contributed by atoms with E-state index < -0.39 is 23.3 Å². The van der Waals surface area contributed by atoms with Gasteiger partial charge in [-0.25, -0.2) is 9.18 Å². The summed E-state index contributed by atoms with van der Waals surface area (Å²) in [5.74, 6) is 0.211. The summed E-state index contributed by atoms with van der Waals surface area (Å²) in [5.41, 5.74) is 0.299. The molecule has 0 bridgehead atoms. The van der Waals surface area contributed by atoms with Crippen molar-refractivity contribution in [1.82, 2.24) is 15.5 Å². The predicted molar refractivity (Wildman–Crippen MR) is 123 cm³/mol. The first kappa shape index (κ1) is 22.4. The fraction of sp³-hybridized carbons (Fsp3) is 0.423. The lowest BCUT2D eigenvalue weighted by Gasteiger charge is -2.31. The average Bonchev–Trinajstić information content (AvgIpc) is 3.30. The maximum atomic E-state index is 13.5. The number of carbonyl (C=O) groups excluding carboxylic acids is 3.